The number of benzene rings is 1. The molecule has 3 rings (SSSR count). The molecule has 4 N–H and O–H groups in total. The van der Waals surface area contributed by atoms with E-state index in [0.29, 0.717) is 18.1 Å². The monoisotopic (exact) mass is 331 g/mol. The Kier molecular flexibility index (Phi) is 5.35. The summed E-state index contributed by atoms with van der Waals surface area (Å²) in [6, 6.07) is 7.94. The highest BCUT2D eigenvalue weighted by Gasteiger charge is 2.43. The number of hydrogen-bond donors (Lipinski definition) is 3. The minimum Gasteiger partial charge on any atom is -0.468 e. The zero-order valence-corrected chi connectivity index (χ0v) is 13.7. The predicted molar refractivity (Wildman–Crippen MR) is 90.1 cm³/mol. The Labute approximate surface area is 142 Å². The predicted octanol–water partition coefficient (Wildman–Crippen LogP) is 1.30. The molecule has 1 saturated carbocycles. The van der Waals surface area contributed by atoms with Crippen molar-refractivity contribution in [1.82, 2.24) is 10.6 Å². The lowest BCUT2D eigenvalue weighted by Crippen LogP contribution is -2.72. The van der Waals surface area contributed by atoms with Gasteiger partial charge in [-0.2, -0.15) is 0 Å². The molecule has 0 bridgehead atoms. The van der Waals surface area contributed by atoms with E-state index in [1.54, 1.807) is 12.1 Å². The molecule has 24 heavy (non-hydrogen) atoms. The van der Waals surface area contributed by atoms with Crippen LogP contribution in [0.5, 0.6) is 5.75 Å². The highest BCUT2D eigenvalue weighted by molar-refractivity contribution is 5.94. The van der Waals surface area contributed by atoms with Gasteiger partial charge in [0.05, 0.1) is 6.04 Å². The number of carbonyl (C=O) groups is 2. The van der Waals surface area contributed by atoms with Gasteiger partial charge in [0.25, 0.3) is 5.91 Å². The summed E-state index contributed by atoms with van der Waals surface area (Å²) in [5.74, 6) is 0.649. The second kappa shape index (κ2) is 7.66. The number of amides is 2. The Bertz CT molecular complexity index is 572. The molecule has 1 unspecified atom stereocenters. The quantitative estimate of drug-likeness (QED) is 0.685. The SMILES string of the molecule is NC(CC1CCCCC1)C(=O)N[C@@H]1C(=O)N[C@H]1Oc1ccccc1. The van der Waals surface area contributed by atoms with Crippen LogP contribution >= 0.6 is 0 Å². The number of nitrogens with one attached hydrogen (secondary N) is 2. The van der Waals surface area contributed by atoms with E-state index in [2.05, 4.69) is 10.6 Å². The van der Waals surface area contributed by atoms with E-state index in [1.807, 2.05) is 18.2 Å². The van der Waals surface area contributed by atoms with Crippen LogP contribution in [-0.2, 0) is 9.59 Å². The number of para-hydroxylation sites is 1. The van der Waals surface area contributed by atoms with Crippen LogP contribution in [0.25, 0.3) is 0 Å². The topological polar surface area (TPSA) is 93.5 Å². The van der Waals surface area contributed by atoms with Crippen molar-refractivity contribution in [3.05, 3.63) is 30.3 Å². The van der Waals surface area contributed by atoms with Gasteiger partial charge in [0.2, 0.25) is 12.1 Å². The molecular weight excluding hydrogens is 306 g/mol. The molecule has 6 heteroatoms. The number of rotatable bonds is 6. The van der Waals surface area contributed by atoms with Crippen LogP contribution in [0.4, 0.5) is 0 Å². The molecule has 0 aromatic heterocycles. The first kappa shape index (κ1) is 16.8. The van der Waals surface area contributed by atoms with Gasteiger partial charge in [-0.25, -0.2) is 0 Å². The third-order valence-electron chi connectivity index (χ3n) is 4.82. The molecule has 130 valence electrons. The van der Waals surface area contributed by atoms with Gasteiger partial charge in [-0.3, -0.25) is 9.59 Å². The van der Waals surface area contributed by atoms with Crippen molar-refractivity contribution < 1.29 is 14.3 Å². The van der Waals surface area contributed by atoms with Crippen molar-refractivity contribution in [2.24, 2.45) is 11.7 Å². The summed E-state index contributed by atoms with van der Waals surface area (Å²) >= 11 is 0. The summed E-state index contributed by atoms with van der Waals surface area (Å²) in [5, 5.41) is 5.38. The van der Waals surface area contributed by atoms with E-state index in [4.69, 9.17) is 10.5 Å². The lowest BCUT2D eigenvalue weighted by Gasteiger charge is -2.37. The molecule has 1 aromatic carbocycles. The number of hydrogen-bond acceptors (Lipinski definition) is 4. The highest BCUT2D eigenvalue weighted by Crippen LogP contribution is 2.27. The molecule has 2 fully saturated rings. The Balaban J connectivity index is 1.49. The lowest BCUT2D eigenvalue weighted by atomic mass is 9.85. The molecule has 0 spiro atoms. The van der Waals surface area contributed by atoms with Gasteiger partial charge in [0, 0.05) is 0 Å². The Hall–Kier alpha value is -2.08. The fraction of sp³-hybridized carbons (Fsp3) is 0.556. The molecule has 3 atom stereocenters. The van der Waals surface area contributed by atoms with Gasteiger partial charge in [0.1, 0.15) is 5.75 Å². The summed E-state index contributed by atoms with van der Waals surface area (Å²) in [7, 11) is 0. The largest absolute Gasteiger partial charge is 0.468 e. The van der Waals surface area contributed by atoms with Crippen LogP contribution in [0.3, 0.4) is 0 Å². The molecular formula is C18H25N3O3. The molecule has 1 heterocycles. The molecule has 6 nitrogen and oxygen atoms in total. The summed E-state index contributed by atoms with van der Waals surface area (Å²) in [6.45, 7) is 0. The molecule has 2 amide bonds. The maximum Gasteiger partial charge on any atom is 0.251 e. The molecule has 1 aromatic rings. The summed E-state index contributed by atoms with van der Waals surface area (Å²) < 4.78 is 5.68. The highest BCUT2D eigenvalue weighted by atomic mass is 16.5. The van der Waals surface area contributed by atoms with Crippen LogP contribution in [0, 0.1) is 5.92 Å². The first-order valence-electron chi connectivity index (χ1n) is 8.71. The summed E-state index contributed by atoms with van der Waals surface area (Å²) in [6.07, 6.45) is 6.14. The average Bonchev–Trinajstić information content (AvgIpc) is 2.61. The maximum absolute atomic E-state index is 12.3. The third kappa shape index (κ3) is 4.06. The minimum atomic E-state index is -0.685. The van der Waals surface area contributed by atoms with Crippen molar-refractivity contribution in [1.29, 1.82) is 0 Å². The Morgan fingerprint density at radius 2 is 1.96 bits per heavy atom. The van der Waals surface area contributed by atoms with Gasteiger partial charge in [-0.15, -0.1) is 0 Å². The summed E-state index contributed by atoms with van der Waals surface area (Å²) in [4.78, 5) is 24.0. The van der Waals surface area contributed by atoms with Crippen LogP contribution in [0.1, 0.15) is 38.5 Å². The van der Waals surface area contributed by atoms with E-state index < -0.39 is 18.3 Å². The van der Waals surface area contributed by atoms with Crippen molar-refractivity contribution in [2.75, 3.05) is 0 Å². The normalized spacial score (nSPS) is 25.3. The molecule has 2 aliphatic rings. The molecule has 0 radical (unpaired) electrons. The maximum atomic E-state index is 12.3. The Morgan fingerprint density at radius 1 is 1.25 bits per heavy atom. The van der Waals surface area contributed by atoms with Crippen LogP contribution < -0.4 is 21.1 Å². The smallest absolute Gasteiger partial charge is 0.251 e. The van der Waals surface area contributed by atoms with Gasteiger partial charge < -0.3 is 21.1 Å². The van der Waals surface area contributed by atoms with Crippen LogP contribution in [0.15, 0.2) is 30.3 Å². The number of ether oxygens (including phenoxy) is 1. The fourth-order valence-corrected chi connectivity index (χ4v) is 3.39. The standard InChI is InChI=1S/C18H25N3O3/c19-14(11-12-7-3-1-4-8-12)16(22)20-15-17(23)21-18(15)24-13-9-5-2-6-10-13/h2,5-6,9-10,12,14-15,18H,1,3-4,7-8,11,19H2,(H,20,22)(H,21,23)/t14?,15-,18+/m1/s1. The first-order valence-corrected chi connectivity index (χ1v) is 8.71. The van der Waals surface area contributed by atoms with E-state index in [0.717, 1.165) is 12.8 Å². The Morgan fingerprint density at radius 3 is 2.62 bits per heavy atom. The average molecular weight is 331 g/mol. The zero-order valence-electron chi connectivity index (χ0n) is 13.7. The van der Waals surface area contributed by atoms with E-state index in [9.17, 15) is 9.59 Å². The number of β-lactam (4-membered cyclic amide) rings is 1. The number of carbonyl (C=O) groups excluding carboxylic acids is 2. The van der Waals surface area contributed by atoms with E-state index in [1.165, 1.54) is 19.3 Å². The van der Waals surface area contributed by atoms with Crippen molar-refractivity contribution in [3.63, 3.8) is 0 Å². The second-order valence-corrected chi connectivity index (χ2v) is 6.69. The van der Waals surface area contributed by atoms with Crippen molar-refractivity contribution in [3.8, 4) is 5.75 Å². The first-order chi connectivity index (χ1) is 11.6. The van der Waals surface area contributed by atoms with Gasteiger partial charge in [-0.05, 0) is 24.5 Å². The van der Waals surface area contributed by atoms with Crippen LogP contribution in [-0.4, -0.2) is 30.1 Å². The molecule has 1 aliphatic carbocycles. The van der Waals surface area contributed by atoms with Crippen molar-refractivity contribution in [2.45, 2.75) is 56.8 Å². The zero-order chi connectivity index (χ0) is 16.9. The van der Waals surface area contributed by atoms with Gasteiger partial charge in [0.15, 0.2) is 6.04 Å². The fourth-order valence-electron chi connectivity index (χ4n) is 3.39. The van der Waals surface area contributed by atoms with Crippen LogP contribution in [0.2, 0.25) is 0 Å². The second-order valence-electron chi connectivity index (χ2n) is 6.69. The molecule has 1 saturated heterocycles. The minimum absolute atomic E-state index is 0.242. The third-order valence-corrected chi connectivity index (χ3v) is 4.82. The lowest BCUT2D eigenvalue weighted by molar-refractivity contribution is -0.143. The van der Waals surface area contributed by atoms with Gasteiger partial charge in [-0.1, -0.05) is 50.3 Å². The van der Waals surface area contributed by atoms with E-state index in [-0.39, 0.29) is 11.8 Å². The summed E-state index contributed by atoms with van der Waals surface area (Å²) in [5.41, 5.74) is 6.03. The number of nitrogens with two attached hydrogens (primary N) is 1. The van der Waals surface area contributed by atoms with Crippen molar-refractivity contribution >= 4 is 11.8 Å². The molecule has 1 aliphatic heterocycles. The van der Waals surface area contributed by atoms with Gasteiger partial charge >= 0.3 is 0 Å². The van der Waals surface area contributed by atoms with E-state index >= 15 is 0 Å².